The number of anilines is 1. The van der Waals surface area contributed by atoms with Gasteiger partial charge in [0, 0.05) is 24.0 Å². The number of hydrogen-bond acceptors (Lipinski definition) is 3. The average Bonchev–Trinajstić information content (AvgIpc) is 2.89. The quantitative estimate of drug-likeness (QED) is 0.743. The second-order valence-corrected chi connectivity index (χ2v) is 3.98. The summed E-state index contributed by atoms with van der Waals surface area (Å²) in [5.41, 5.74) is 8.79. The Bertz CT molecular complexity index is 658. The Labute approximate surface area is 105 Å². The molecule has 0 radical (unpaired) electrons. The van der Waals surface area contributed by atoms with Crippen LogP contribution in [0.25, 0.3) is 16.8 Å². The number of benzene rings is 1. The molecule has 0 amide bonds. The highest BCUT2D eigenvalue weighted by atomic mass is 15.3. The predicted molar refractivity (Wildman–Crippen MR) is 71.2 cm³/mol. The Morgan fingerprint density at radius 2 is 1.83 bits per heavy atom. The summed E-state index contributed by atoms with van der Waals surface area (Å²) in [6, 6.07) is 13.8. The lowest BCUT2D eigenvalue weighted by Crippen LogP contribution is -1.97. The van der Waals surface area contributed by atoms with Gasteiger partial charge in [-0.15, -0.1) is 0 Å². The van der Waals surface area contributed by atoms with Crippen molar-refractivity contribution in [3.05, 3.63) is 61.1 Å². The lowest BCUT2D eigenvalue weighted by molar-refractivity contribution is 0.878. The van der Waals surface area contributed by atoms with Gasteiger partial charge in [-0.2, -0.15) is 5.10 Å². The highest BCUT2D eigenvalue weighted by Gasteiger charge is 2.03. The van der Waals surface area contributed by atoms with E-state index in [4.69, 9.17) is 5.73 Å². The fourth-order valence-electron chi connectivity index (χ4n) is 1.82. The Kier molecular flexibility index (Phi) is 2.53. The van der Waals surface area contributed by atoms with Crippen molar-refractivity contribution in [3.63, 3.8) is 0 Å². The molecule has 2 N–H and O–H groups in total. The second kappa shape index (κ2) is 4.33. The van der Waals surface area contributed by atoms with E-state index in [-0.39, 0.29) is 0 Å². The first-order valence-corrected chi connectivity index (χ1v) is 5.65. The molecule has 2 heterocycles. The van der Waals surface area contributed by atoms with Gasteiger partial charge in [-0.05, 0) is 11.6 Å². The molecular formula is C14H12N4. The molecule has 3 rings (SSSR count). The van der Waals surface area contributed by atoms with E-state index >= 15 is 0 Å². The molecule has 2 aromatic heterocycles. The van der Waals surface area contributed by atoms with Crippen molar-refractivity contribution in [2.45, 2.75) is 0 Å². The monoisotopic (exact) mass is 236 g/mol. The maximum atomic E-state index is 5.66. The van der Waals surface area contributed by atoms with E-state index in [2.05, 4.69) is 22.2 Å². The highest BCUT2D eigenvalue weighted by molar-refractivity contribution is 5.62. The molecule has 0 atom stereocenters. The molecule has 0 unspecified atom stereocenters. The average molecular weight is 236 g/mol. The van der Waals surface area contributed by atoms with E-state index in [0.717, 1.165) is 16.8 Å². The number of rotatable bonds is 2. The normalized spacial score (nSPS) is 10.4. The number of pyridine rings is 1. The topological polar surface area (TPSA) is 56.7 Å². The van der Waals surface area contributed by atoms with Crippen molar-refractivity contribution in [2.24, 2.45) is 0 Å². The minimum atomic E-state index is 0.490. The Hall–Kier alpha value is -2.62. The van der Waals surface area contributed by atoms with Crippen LogP contribution in [0.1, 0.15) is 0 Å². The standard InChI is InChI=1S/C14H12N4/c15-14-8-13(6-7-16-14)18-10-12(9-17-18)11-4-2-1-3-5-11/h1-10H,(H2,15,16). The van der Waals surface area contributed by atoms with Crippen LogP contribution in [0.5, 0.6) is 0 Å². The number of nitrogen functional groups attached to an aromatic ring is 1. The molecule has 3 aromatic rings. The predicted octanol–water partition coefficient (Wildman–Crippen LogP) is 2.52. The number of hydrogen-bond donors (Lipinski definition) is 1. The lowest BCUT2D eigenvalue weighted by Gasteiger charge is -2.01. The van der Waals surface area contributed by atoms with Gasteiger partial charge >= 0.3 is 0 Å². The minimum Gasteiger partial charge on any atom is -0.384 e. The van der Waals surface area contributed by atoms with Crippen molar-refractivity contribution in [1.29, 1.82) is 0 Å². The van der Waals surface area contributed by atoms with Crippen LogP contribution in [0, 0.1) is 0 Å². The molecule has 4 nitrogen and oxygen atoms in total. The number of nitrogens with zero attached hydrogens (tertiary/aromatic N) is 3. The molecule has 18 heavy (non-hydrogen) atoms. The molecule has 0 aliphatic heterocycles. The molecule has 0 bridgehead atoms. The molecule has 4 heteroatoms. The van der Waals surface area contributed by atoms with Crippen molar-refractivity contribution in [3.8, 4) is 16.8 Å². The van der Waals surface area contributed by atoms with E-state index in [1.165, 1.54) is 0 Å². The van der Waals surface area contributed by atoms with Crippen LogP contribution in [-0.2, 0) is 0 Å². The SMILES string of the molecule is Nc1cc(-n2cc(-c3ccccc3)cn2)ccn1. The highest BCUT2D eigenvalue weighted by Crippen LogP contribution is 2.19. The van der Waals surface area contributed by atoms with E-state index in [9.17, 15) is 0 Å². The van der Waals surface area contributed by atoms with Gasteiger partial charge in [0.2, 0.25) is 0 Å². The lowest BCUT2D eigenvalue weighted by atomic mass is 10.1. The van der Waals surface area contributed by atoms with Crippen LogP contribution in [0.2, 0.25) is 0 Å². The van der Waals surface area contributed by atoms with E-state index in [1.807, 2.05) is 36.7 Å². The molecule has 0 saturated carbocycles. The molecule has 0 spiro atoms. The van der Waals surface area contributed by atoms with Gasteiger partial charge in [0.1, 0.15) is 5.82 Å². The Balaban J connectivity index is 2.00. The first kappa shape index (κ1) is 10.5. The van der Waals surface area contributed by atoms with Gasteiger partial charge in [0.15, 0.2) is 0 Å². The summed E-state index contributed by atoms with van der Waals surface area (Å²) >= 11 is 0. The summed E-state index contributed by atoms with van der Waals surface area (Å²) in [4.78, 5) is 3.97. The maximum Gasteiger partial charge on any atom is 0.125 e. The summed E-state index contributed by atoms with van der Waals surface area (Å²) in [5.74, 6) is 0.490. The first-order valence-electron chi connectivity index (χ1n) is 5.65. The van der Waals surface area contributed by atoms with Gasteiger partial charge < -0.3 is 5.73 Å². The van der Waals surface area contributed by atoms with E-state index < -0.39 is 0 Å². The van der Waals surface area contributed by atoms with Crippen LogP contribution >= 0.6 is 0 Å². The first-order chi connectivity index (χ1) is 8.83. The second-order valence-electron chi connectivity index (χ2n) is 3.98. The molecular weight excluding hydrogens is 224 g/mol. The largest absolute Gasteiger partial charge is 0.384 e. The van der Waals surface area contributed by atoms with Crippen molar-refractivity contribution in [2.75, 3.05) is 5.73 Å². The van der Waals surface area contributed by atoms with Gasteiger partial charge in [-0.3, -0.25) is 0 Å². The molecule has 88 valence electrons. The molecule has 0 fully saturated rings. The van der Waals surface area contributed by atoms with Gasteiger partial charge in [0.05, 0.1) is 11.9 Å². The third-order valence-electron chi connectivity index (χ3n) is 2.72. The van der Waals surface area contributed by atoms with Crippen LogP contribution < -0.4 is 5.73 Å². The zero-order valence-corrected chi connectivity index (χ0v) is 9.69. The van der Waals surface area contributed by atoms with E-state index in [0.29, 0.717) is 5.82 Å². The minimum absolute atomic E-state index is 0.490. The maximum absolute atomic E-state index is 5.66. The van der Waals surface area contributed by atoms with Crippen LogP contribution in [-0.4, -0.2) is 14.8 Å². The Morgan fingerprint density at radius 3 is 2.61 bits per heavy atom. The number of aromatic nitrogens is 3. The number of nitrogens with two attached hydrogens (primary N) is 1. The fraction of sp³-hybridized carbons (Fsp3) is 0. The summed E-state index contributed by atoms with van der Waals surface area (Å²) in [7, 11) is 0. The van der Waals surface area contributed by atoms with Crippen molar-refractivity contribution in [1.82, 2.24) is 14.8 Å². The zero-order chi connectivity index (χ0) is 12.4. The van der Waals surface area contributed by atoms with Gasteiger partial charge in [0.25, 0.3) is 0 Å². The zero-order valence-electron chi connectivity index (χ0n) is 9.69. The third-order valence-corrected chi connectivity index (χ3v) is 2.72. The molecule has 0 aliphatic rings. The summed E-state index contributed by atoms with van der Waals surface area (Å²) in [6.45, 7) is 0. The summed E-state index contributed by atoms with van der Waals surface area (Å²) < 4.78 is 1.79. The summed E-state index contributed by atoms with van der Waals surface area (Å²) in [5, 5.41) is 4.34. The molecule has 0 aliphatic carbocycles. The van der Waals surface area contributed by atoms with Crippen LogP contribution in [0.3, 0.4) is 0 Å². The van der Waals surface area contributed by atoms with Gasteiger partial charge in [-0.1, -0.05) is 30.3 Å². The summed E-state index contributed by atoms with van der Waals surface area (Å²) in [6.07, 6.45) is 5.49. The Morgan fingerprint density at radius 1 is 1.00 bits per heavy atom. The smallest absolute Gasteiger partial charge is 0.125 e. The fourth-order valence-corrected chi connectivity index (χ4v) is 1.82. The van der Waals surface area contributed by atoms with Crippen molar-refractivity contribution < 1.29 is 0 Å². The van der Waals surface area contributed by atoms with Gasteiger partial charge in [-0.25, -0.2) is 9.67 Å². The van der Waals surface area contributed by atoms with E-state index in [1.54, 1.807) is 16.9 Å². The van der Waals surface area contributed by atoms with Crippen LogP contribution in [0.15, 0.2) is 61.1 Å². The third kappa shape index (κ3) is 1.96. The molecule has 0 saturated heterocycles. The van der Waals surface area contributed by atoms with Crippen molar-refractivity contribution >= 4 is 5.82 Å². The van der Waals surface area contributed by atoms with Crippen LogP contribution in [0.4, 0.5) is 5.82 Å². The molecule has 1 aromatic carbocycles.